The zero-order valence-electron chi connectivity index (χ0n) is 9.07. The van der Waals surface area contributed by atoms with E-state index in [4.69, 9.17) is 4.52 Å². The van der Waals surface area contributed by atoms with Crippen molar-refractivity contribution in [1.82, 2.24) is 10.5 Å². The molecule has 4 nitrogen and oxygen atoms in total. The second kappa shape index (κ2) is 4.14. The van der Waals surface area contributed by atoms with E-state index in [1.165, 1.54) is 6.42 Å². The second-order valence-corrected chi connectivity index (χ2v) is 4.27. The van der Waals surface area contributed by atoms with Crippen molar-refractivity contribution >= 4 is 16.8 Å². The van der Waals surface area contributed by atoms with Crippen LogP contribution >= 0.6 is 0 Å². The van der Waals surface area contributed by atoms with Gasteiger partial charge in [-0.15, -0.1) is 0 Å². The minimum Gasteiger partial charge on any atom is -0.366 e. The molecule has 0 radical (unpaired) electrons. The number of nitrogens with zero attached hydrogens (tertiary/aromatic N) is 1. The smallest absolute Gasteiger partial charge is 0.177 e. The van der Waals surface area contributed by atoms with E-state index in [9.17, 15) is 0 Å². The molecule has 16 heavy (non-hydrogen) atoms. The molecule has 0 amide bonds. The van der Waals surface area contributed by atoms with Gasteiger partial charge in [0, 0.05) is 6.54 Å². The Morgan fingerprint density at radius 3 is 3.25 bits per heavy atom. The lowest BCUT2D eigenvalue weighted by molar-refractivity contribution is 0.458. The van der Waals surface area contributed by atoms with E-state index >= 15 is 0 Å². The van der Waals surface area contributed by atoms with Gasteiger partial charge in [0.2, 0.25) is 0 Å². The van der Waals surface area contributed by atoms with Crippen LogP contribution in [0.15, 0.2) is 28.8 Å². The summed E-state index contributed by atoms with van der Waals surface area (Å²) in [6.07, 6.45) is 1.24. The number of aromatic nitrogens is 1. The van der Waals surface area contributed by atoms with Gasteiger partial charge in [-0.1, -0.05) is 17.3 Å². The molecule has 1 aliphatic rings. The van der Waals surface area contributed by atoms with Crippen molar-refractivity contribution in [3.63, 3.8) is 0 Å². The molecule has 1 aromatic carbocycles. The van der Waals surface area contributed by atoms with E-state index in [0.717, 1.165) is 36.4 Å². The molecule has 1 unspecified atom stereocenters. The number of hydrogen-bond donors (Lipinski definition) is 2. The molecule has 0 saturated carbocycles. The maximum Gasteiger partial charge on any atom is 0.177 e. The summed E-state index contributed by atoms with van der Waals surface area (Å²) in [5, 5.41) is 11.8. The minimum atomic E-state index is 0.704. The van der Waals surface area contributed by atoms with Crippen LogP contribution in [0.1, 0.15) is 6.42 Å². The molecular weight excluding hydrogens is 202 g/mol. The summed E-state index contributed by atoms with van der Waals surface area (Å²) >= 11 is 0. The van der Waals surface area contributed by atoms with Gasteiger partial charge < -0.3 is 15.2 Å². The van der Waals surface area contributed by atoms with Gasteiger partial charge in [-0.25, -0.2) is 0 Å². The van der Waals surface area contributed by atoms with Crippen molar-refractivity contribution in [1.29, 1.82) is 0 Å². The monoisotopic (exact) mass is 217 g/mol. The molecule has 0 aliphatic carbocycles. The fourth-order valence-corrected chi connectivity index (χ4v) is 2.14. The zero-order chi connectivity index (χ0) is 10.8. The molecule has 0 bridgehead atoms. The van der Waals surface area contributed by atoms with Gasteiger partial charge in [0.25, 0.3) is 0 Å². The molecule has 4 heteroatoms. The largest absolute Gasteiger partial charge is 0.366 e. The van der Waals surface area contributed by atoms with Crippen molar-refractivity contribution in [2.24, 2.45) is 5.92 Å². The van der Waals surface area contributed by atoms with E-state index in [-0.39, 0.29) is 0 Å². The van der Waals surface area contributed by atoms with Gasteiger partial charge in [0.1, 0.15) is 0 Å². The Labute approximate surface area is 94.0 Å². The molecule has 84 valence electrons. The highest BCUT2D eigenvalue weighted by atomic mass is 16.5. The van der Waals surface area contributed by atoms with Crippen LogP contribution in [0.3, 0.4) is 0 Å². The van der Waals surface area contributed by atoms with E-state index in [0.29, 0.717) is 5.92 Å². The summed E-state index contributed by atoms with van der Waals surface area (Å²) in [6.45, 7) is 3.19. The molecule has 1 aromatic heterocycles. The van der Waals surface area contributed by atoms with Gasteiger partial charge >= 0.3 is 0 Å². The molecular formula is C12H15N3O. The third-order valence-electron chi connectivity index (χ3n) is 3.10. The molecule has 2 aromatic rings. The normalized spacial score (nSPS) is 20.4. The average Bonchev–Trinajstić information content (AvgIpc) is 2.96. The quantitative estimate of drug-likeness (QED) is 0.823. The Balaban J connectivity index is 1.73. The number of nitrogens with one attached hydrogen (secondary N) is 2. The summed E-state index contributed by atoms with van der Waals surface area (Å²) in [4.78, 5) is 0. The maximum atomic E-state index is 5.24. The maximum absolute atomic E-state index is 5.24. The van der Waals surface area contributed by atoms with Crippen molar-refractivity contribution in [3.05, 3.63) is 24.3 Å². The lowest BCUT2D eigenvalue weighted by Crippen LogP contribution is -2.17. The van der Waals surface area contributed by atoms with E-state index in [1.807, 2.05) is 24.3 Å². The number of anilines is 1. The van der Waals surface area contributed by atoms with Crippen LogP contribution in [-0.4, -0.2) is 24.8 Å². The minimum absolute atomic E-state index is 0.704. The third kappa shape index (κ3) is 1.76. The van der Waals surface area contributed by atoms with Crippen LogP contribution in [0.25, 0.3) is 11.0 Å². The standard InChI is InChI=1S/C12H15N3O/c1-2-4-11-10(3-1)12(15-16-11)14-8-9-5-6-13-7-9/h1-4,9,13H,5-8H2,(H,14,15). The van der Waals surface area contributed by atoms with Crippen LogP contribution in [0.2, 0.25) is 0 Å². The highest BCUT2D eigenvalue weighted by Gasteiger charge is 2.15. The number of para-hydroxylation sites is 1. The van der Waals surface area contributed by atoms with Gasteiger partial charge in [0.15, 0.2) is 11.4 Å². The fraction of sp³-hybridized carbons (Fsp3) is 0.417. The lowest BCUT2D eigenvalue weighted by atomic mass is 10.1. The van der Waals surface area contributed by atoms with Gasteiger partial charge in [-0.2, -0.15) is 0 Å². The lowest BCUT2D eigenvalue weighted by Gasteiger charge is -2.08. The predicted octanol–water partition coefficient (Wildman–Crippen LogP) is 1.85. The Morgan fingerprint density at radius 1 is 1.44 bits per heavy atom. The van der Waals surface area contributed by atoms with Gasteiger partial charge in [0.05, 0.1) is 5.39 Å². The zero-order valence-corrected chi connectivity index (χ0v) is 9.07. The first-order chi connectivity index (χ1) is 7.93. The van der Waals surface area contributed by atoms with Crippen LogP contribution in [0.5, 0.6) is 0 Å². The van der Waals surface area contributed by atoms with E-state index in [2.05, 4.69) is 15.8 Å². The predicted molar refractivity (Wildman–Crippen MR) is 63.5 cm³/mol. The third-order valence-corrected chi connectivity index (χ3v) is 3.10. The van der Waals surface area contributed by atoms with Gasteiger partial charge in [-0.05, 0) is 37.6 Å². The first kappa shape index (κ1) is 9.66. The molecule has 3 rings (SSSR count). The molecule has 1 aliphatic heterocycles. The summed E-state index contributed by atoms with van der Waals surface area (Å²) in [7, 11) is 0. The average molecular weight is 217 g/mol. The van der Waals surface area contributed by atoms with Crippen LogP contribution in [0, 0.1) is 5.92 Å². The Hall–Kier alpha value is -1.55. The molecule has 2 heterocycles. The van der Waals surface area contributed by atoms with Crippen molar-refractivity contribution in [2.45, 2.75) is 6.42 Å². The van der Waals surface area contributed by atoms with Crippen LogP contribution in [0.4, 0.5) is 5.82 Å². The fourth-order valence-electron chi connectivity index (χ4n) is 2.14. The Morgan fingerprint density at radius 2 is 2.38 bits per heavy atom. The number of rotatable bonds is 3. The summed E-state index contributed by atoms with van der Waals surface area (Å²) in [5.41, 5.74) is 0.842. The molecule has 0 spiro atoms. The number of fused-ring (bicyclic) bond motifs is 1. The van der Waals surface area contributed by atoms with E-state index < -0.39 is 0 Å². The summed E-state index contributed by atoms with van der Waals surface area (Å²) < 4.78 is 5.24. The Bertz CT molecular complexity index is 474. The molecule has 1 atom stereocenters. The van der Waals surface area contributed by atoms with Gasteiger partial charge in [-0.3, -0.25) is 0 Å². The first-order valence-electron chi connectivity index (χ1n) is 5.72. The summed E-state index contributed by atoms with van der Waals surface area (Å²) in [5.74, 6) is 1.57. The number of hydrogen-bond acceptors (Lipinski definition) is 4. The first-order valence-corrected chi connectivity index (χ1v) is 5.72. The molecule has 1 saturated heterocycles. The SMILES string of the molecule is c1ccc2c(NCC3CCNC3)noc2c1. The van der Waals surface area contributed by atoms with Crippen LogP contribution in [-0.2, 0) is 0 Å². The van der Waals surface area contributed by atoms with Crippen molar-refractivity contribution in [2.75, 3.05) is 25.0 Å². The second-order valence-electron chi connectivity index (χ2n) is 4.27. The van der Waals surface area contributed by atoms with Crippen molar-refractivity contribution < 1.29 is 4.52 Å². The number of benzene rings is 1. The van der Waals surface area contributed by atoms with E-state index in [1.54, 1.807) is 0 Å². The summed E-state index contributed by atoms with van der Waals surface area (Å²) in [6, 6.07) is 7.92. The highest BCUT2D eigenvalue weighted by Crippen LogP contribution is 2.22. The van der Waals surface area contributed by atoms with Crippen LogP contribution < -0.4 is 10.6 Å². The highest BCUT2D eigenvalue weighted by molar-refractivity contribution is 5.87. The Kier molecular flexibility index (Phi) is 2.50. The van der Waals surface area contributed by atoms with Crippen molar-refractivity contribution in [3.8, 4) is 0 Å². The topological polar surface area (TPSA) is 50.1 Å². The molecule has 1 fully saturated rings. The molecule has 2 N–H and O–H groups in total.